The lowest BCUT2D eigenvalue weighted by atomic mass is 9.95. The van der Waals surface area contributed by atoms with Gasteiger partial charge in [-0.1, -0.05) is 45.8 Å². The molecule has 4 aromatic rings. The molecule has 1 aliphatic heterocycles. The van der Waals surface area contributed by atoms with Gasteiger partial charge in [0.05, 0.1) is 18.3 Å². The minimum atomic E-state index is -0.278. The lowest BCUT2D eigenvalue weighted by Gasteiger charge is -2.26. The molecular weight excluding hydrogens is 466 g/mol. The number of hydrogen-bond donors (Lipinski definition) is 1. The average molecular weight is 488 g/mol. The molecule has 0 radical (unpaired) electrons. The number of hydrogen-bond acceptors (Lipinski definition) is 3. The van der Waals surface area contributed by atoms with Gasteiger partial charge < -0.3 is 4.74 Å². The van der Waals surface area contributed by atoms with Crippen LogP contribution in [0.3, 0.4) is 0 Å². The Morgan fingerprint density at radius 3 is 2.34 bits per heavy atom. The maximum absolute atomic E-state index is 13.5. The van der Waals surface area contributed by atoms with E-state index in [2.05, 4.69) is 57.3 Å². The summed E-state index contributed by atoms with van der Waals surface area (Å²) in [5.41, 5.74) is 6.20. The maximum Gasteiger partial charge on any atom is 0.277 e. The number of amides is 1. The Labute approximate surface area is 195 Å². The van der Waals surface area contributed by atoms with E-state index in [1.165, 1.54) is 5.56 Å². The third-order valence-electron chi connectivity index (χ3n) is 5.70. The molecule has 1 atom stereocenters. The molecule has 1 amide bonds. The molecule has 0 aliphatic carbocycles. The molecule has 1 aliphatic rings. The van der Waals surface area contributed by atoms with E-state index in [1.807, 2.05) is 60.4 Å². The summed E-state index contributed by atoms with van der Waals surface area (Å²) in [6.45, 7) is 4.64. The van der Waals surface area contributed by atoms with Gasteiger partial charge in [0.2, 0.25) is 0 Å². The molecule has 2 heterocycles. The number of halogens is 1. The van der Waals surface area contributed by atoms with E-state index in [1.54, 1.807) is 0 Å². The zero-order chi connectivity index (χ0) is 22.2. The minimum absolute atomic E-state index is 0.0856. The summed E-state index contributed by atoms with van der Waals surface area (Å²) < 4.78 is 6.55. The standard InChI is InChI=1S/C26H22BrN3O2/c1-3-32-21-14-8-17(9-15-21)23-22-24(29-28-23)26(31)30(20-12-10-19(27)11-13-20)25(22)18-6-4-16(2)5-7-18/h4-15,25H,3H2,1-2H3,(H,28,29). The lowest BCUT2D eigenvalue weighted by molar-refractivity contribution is 0.0989. The molecule has 0 saturated heterocycles. The number of carbonyl (C=O) groups excluding carboxylic acids is 1. The van der Waals surface area contributed by atoms with Crippen LogP contribution in [0.15, 0.2) is 77.3 Å². The fraction of sp³-hybridized carbons (Fsp3) is 0.154. The van der Waals surface area contributed by atoms with Crippen LogP contribution in [0.25, 0.3) is 11.3 Å². The summed E-state index contributed by atoms with van der Waals surface area (Å²) in [7, 11) is 0. The molecule has 6 heteroatoms. The Balaban J connectivity index is 1.66. The van der Waals surface area contributed by atoms with Crippen molar-refractivity contribution in [3.8, 4) is 17.0 Å². The second-order valence-corrected chi connectivity index (χ2v) is 8.70. The molecule has 32 heavy (non-hydrogen) atoms. The number of nitrogens with one attached hydrogen (secondary N) is 1. The van der Waals surface area contributed by atoms with Crippen LogP contribution in [0.1, 0.15) is 40.1 Å². The van der Waals surface area contributed by atoms with Gasteiger partial charge in [0, 0.05) is 21.3 Å². The van der Waals surface area contributed by atoms with Crippen LogP contribution in [0.5, 0.6) is 5.75 Å². The number of aromatic amines is 1. The van der Waals surface area contributed by atoms with E-state index in [9.17, 15) is 4.79 Å². The molecule has 0 bridgehead atoms. The number of carbonyl (C=O) groups is 1. The van der Waals surface area contributed by atoms with Crippen molar-refractivity contribution >= 4 is 27.5 Å². The number of benzene rings is 3. The summed E-state index contributed by atoms with van der Waals surface area (Å²) in [5, 5.41) is 7.56. The highest BCUT2D eigenvalue weighted by Crippen LogP contribution is 2.45. The highest BCUT2D eigenvalue weighted by molar-refractivity contribution is 9.10. The first-order valence-corrected chi connectivity index (χ1v) is 11.3. The van der Waals surface area contributed by atoms with E-state index in [0.717, 1.165) is 38.3 Å². The second kappa shape index (κ2) is 8.28. The smallest absolute Gasteiger partial charge is 0.277 e. The van der Waals surface area contributed by atoms with Gasteiger partial charge in [-0.05, 0) is 67.9 Å². The number of ether oxygens (including phenoxy) is 1. The molecule has 3 aromatic carbocycles. The fourth-order valence-electron chi connectivity index (χ4n) is 4.17. The van der Waals surface area contributed by atoms with Crippen molar-refractivity contribution in [1.82, 2.24) is 10.2 Å². The SMILES string of the molecule is CCOc1ccc(-c2n[nH]c3c2C(c2ccc(C)cc2)N(c2ccc(Br)cc2)C3=O)cc1. The third kappa shape index (κ3) is 3.50. The summed E-state index contributed by atoms with van der Waals surface area (Å²) in [6, 6.07) is 23.7. The molecule has 0 saturated carbocycles. The van der Waals surface area contributed by atoms with E-state index in [4.69, 9.17) is 4.74 Å². The normalized spacial score (nSPS) is 15.2. The number of H-pyrrole nitrogens is 1. The van der Waals surface area contributed by atoms with Crippen molar-refractivity contribution in [2.24, 2.45) is 0 Å². The Morgan fingerprint density at radius 2 is 1.69 bits per heavy atom. The minimum Gasteiger partial charge on any atom is -0.494 e. The number of fused-ring (bicyclic) bond motifs is 1. The zero-order valence-corrected chi connectivity index (χ0v) is 19.4. The molecule has 1 aromatic heterocycles. The van der Waals surface area contributed by atoms with E-state index < -0.39 is 0 Å². The van der Waals surface area contributed by atoms with Crippen molar-refractivity contribution in [1.29, 1.82) is 0 Å². The summed E-state index contributed by atoms with van der Waals surface area (Å²) >= 11 is 3.49. The van der Waals surface area contributed by atoms with Gasteiger partial charge in [0.25, 0.3) is 5.91 Å². The van der Waals surface area contributed by atoms with Gasteiger partial charge in [-0.15, -0.1) is 0 Å². The number of nitrogens with zero attached hydrogens (tertiary/aromatic N) is 2. The fourth-order valence-corrected chi connectivity index (χ4v) is 4.44. The molecule has 0 spiro atoms. The summed E-state index contributed by atoms with van der Waals surface area (Å²) in [6.07, 6.45) is 0. The quantitative estimate of drug-likeness (QED) is 0.359. The number of aryl methyl sites for hydroxylation is 1. The van der Waals surface area contributed by atoms with Crippen molar-refractivity contribution in [3.63, 3.8) is 0 Å². The summed E-state index contributed by atoms with van der Waals surface area (Å²) in [5.74, 6) is 0.726. The van der Waals surface area contributed by atoms with Gasteiger partial charge in [-0.2, -0.15) is 5.10 Å². The van der Waals surface area contributed by atoms with Crippen LogP contribution >= 0.6 is 15.9 Å². The van der Waals surface area contributed by atoms with E-state index >= 15 is 0 Å². The monoisotopic (exact) mass is 487 g/mol. The first kappa shape index (κ1) is 20.5. The van der Waals surface area contributed by atoms with Crippen molar-refractivity contribution < 1.29 is 9.53 Å². The molecule has 5 rings (SSSR count). The third-order valence-corrected chi connectivity index (χ3v) is 6.23. The van der Waals surface area contributed by atoms with Gasteiger partial charge in [-0.3, -0.25) is 14.8 Å². The van der Waals surface area contributed by atoms with Gasteiger partial charge in [-0.25, -0.2) is 0 Å². The highest BCUT2D eigenvalue weighted by Gasteiger charge is 2.43. The van der Waals surface area contributed by atoms with Gasteiger partial charge >= 0.3 is 0 Å². The van der Waals surface area contributed by atoms with Crippen LogP contribution in [-0.2, 0) is 0 Å². The lowest BCUT2D eigenvalue weighted by Crippen LogP contribution is -2.29. The topological polar surface area (TPSA) is 58.2 Å². The van der Waals surface area contributed by atoms with Crippen LogP contribution in [-0.4, -0.2) is 22.7 Å². The van der Waals surface area contributed by atoms with Crippen molar-refractivity contribution in [3.05, 3.63) is 99.7 Å². The number of aromatic nitrogens is 2. The Morgan fingerprint density at radius 1 is 1.00 bits per heavy atom. The predicted molar refractivity (Wildman–Crippen MR) is 129 cm³/mol. The van der Waals surface area contributed by atoms with Crippen LogP contribution in [0.4, 0.5) is 5.69 Å². The van der Waals surface area contributed by atoms with Crippen molar-refractivity contribution in [2.75, 3.05) is 11.5 Å². The van der Waals surface area contributed by atoms with E-state index in [-0.39, 0.29) is 11.9 Å². The van der Waals surface area contributed by atoms with Crippen LogP contribution < -0.4 is 9.64 Å². The van der Waals surface area contributed by atoms with Crippen LogP contribution in [0, 0.1) is 6.92 Å². The van der Waals surface area contributed by atoms with Crippen molar-refractivity contribution in [2.45, 2.75) is 19.9 Å². The zero-order valence-electron chi connectivity index (χ0n) is 17.8. The molecular formula is C26H22BrN3O2. The highest BCUT2D eigenvalue weighted by atomic mass is 79.9. The molecule has 0 fully saturated rings. The molecule has 160 valence electrons. The average Bonchev–Trinajstić information content (AvgIpc) is 3.35. The van der Waals surface area contributed by atoms with Crippen LogP contribution in [0.2, 0.25) is 0 Å². The Kier molecular flexibility index (Phi) is 5.31. The molecule has 1 N–H and O–H groups in total. The second-order valence-electron chi connectivity index (χ2n) is 7.78. The number of anilines is 1. The van der Waals surface area contributed by atoms with Gasteiger partial charge in [0.1, 0.15) is 11.4 Å². The van der Waals surface area contributed by atoms with E-state index in [0.29, 0.717) is 12.3 Å². The Bertz CT molecular complexity index is 1260. The molecule has 1 unspecified atom stereocenters. The molecule has 5 nitrogen and oxygen atoms in total. The maximum atomic E-state index is 13.5. The number of rotatable bonds is 5. The van der Waals surface area contributed by atoms with Gasteiger partial charge in [0.15, 0.2) is 0 Å². The largest absolute Gasteiger partial charge is 0.494 e. The predicted octanol–water partition coefficient (Wildman–Crippen LogP) is 6.30. The summed E-state index contributed by atoms with van der Waals surface area (Å²) in [4.78, 5) is 15.4. The first-order chi connectivity index (χ1) is 15.6. The Hall–Kier alpha value is -3.38. The first-order valence-electron chi connectivity index (χ1n) is 10.5.